The number of nitriles is 1. The van der Waals surface area contributed by atoms with E-state index in [1.54, 1.807) is 66.6 Å². The molecule has 1 aromatic heterocycles. The summed E-state index contributed by atoms with van der Waals surface area (Å²) >= 11 is 1.57. The van der Waals surface area contributed by atoms with Crippen LogP contribution in [0, 0.1) is 11.3 Å². The van der Waals surface area contributed by atoms with Crippen LogP contribution in [0.5, 0.6) is 11.6 Å². The number of benzene rings is 3. The van der Waals surface area contributed by atoms with Gasteiger partial charge in [0.2, 0.25) is 5.88 Å². The van der Waals surface area contributed by atoms with Crippen LogP contribution in [0.2, 0.25) is 0 Å². The first-order chi connectivity index (χ1) is 15.7. The molecule has 7 heteroatoms. The third-order valence-electron chi connectivity index (χ3n) is 4.46. The molecular formula is C25H18N4O2S. The maximum absolute atomic E-state index is 13.0. The van der Waals surface area contributed by atoms with Crippen molar-refractivity contribution in [3.8, 4) is 17.7 Å². The zero-order chi connectivity index (χ0) is 22.2. The zero-order valence-corrected chi connectivity index (χ0v) is 17.8. The summed E-state index contributed by atoms with van der Waals surface area (Å²) in [5, 5.41) is 11.9. The fourth-order valence-electron chi connectivity index (χ4n) is 2.91. The molecule has 0 aliphatic heterocycles. The highest BCUT2D eigenvalue weighted by atomic mass is 32.2. The van der Waals surface area contributed by atoms with Gasteiger partial charge in [0.05, 0.1) is 23.4 Å². The molecule has 0 spiro atoms. The molecule has 4 rings (SSSR count). The summed E-state index contributed by atoms with van der Waals surface area (Å²) in [6, 6.07) is 24.2. The van der Waals surface area contributed by atoms with Gasteiger partial charge in [0.15, 0.2) is 0 Å². The van der Waals surface area contributed by atoms with Crippen LogP contribution in [-0.2, 0) is 5.75 Å². The van der Waals surface area contributed by atoms with Crippen LogP contribution in [0.15, 0.2) is 96.3 Å². The molecule has 0 aliphatic carbocycles. The third-order valence-corrected chi connectivity index (χ3v) is 5.61. The first-order valence-corrected chi connectivity index (χ1v) is 10.8. The minimum Gasteiger partial charge on any atom is -0.437 e. The molecule has 1 N–H and O–H groups in total. The van der Waals surface area contributed by atoms with Gasteiger partial charge < -0.3 is 10.1 Å². The van der Waals surface area contributed by atoms with Gasteiger partial charge in [0.1, 0.15) is 5.75 Å². The Bertz CT molecular complexity index is 1250. The topological polar surface area (TPSA) is 87.9 Å². The Morgan fingerprint density at radius 2 is 1.88 bits per heavy atom. The molecule has 1 heterocycles. The Hall–Kier alpha value is -4.15. The highest BCUT2D eigenvalue weighted by Gasteiger charge is 2.12. The third kappa shape index (κ3) is 5.50. The number of nitrogens with zero attached hydrogens (tertiary/aromatic N) is 3. The fraction of sp³-hybridized carbons (Fsp3) is 0.0400. The van der Waals surface area contributed by atoms with Gasteiger partial charge in [-0.3, -0.25) is 9.78 Å². The Kier molecular flexibility index (Phi) is 6.75. The number of nitrogens with one attached hydrogen (secondary N) is 1. The lowest BCUT2D eigenvalue weighted by atomic mass is 10.2. The second-order valence-electron chi connectivity index (χ2n) is 6.72. The van der Waals surface area contributed by atoms with Crippen LogP contribution in [0.1, 0.15) is 21.5 Å². The van der Waals surface area contributed by atoms with Crippen LogP contribution in [0.3, 0.4) is 0 Å². The number of hydrogen-bond acceptors (Lipinski definition) is 6. The van der Waals surface area contributed by atoms with Crippen molar-refractivity contribution in [2.45, 2.75) is 10.6 Å². The number of carbonyl (C=O) groups excluding carboxylic acids is 1. The van der Waals surface area contributed by atoms with E-state index in [0.717, 1.165) is 10.5 Å². The average molecular weight is 439 g/mol. The van der Waals surface area contributed by atoms with E-state index < -0.39 is 0 Å². The minimum absolute atomic E-state index is 0.204. The van der Waals surface area contributed by atoms with Crippen LogP contribution < -0.4 is 10.1 Å². The summed E-state index contributed by atoms with van der Waals surface area (Å²) in [6.45, 7) is 0. The van der Waals surface area contributed by atoms with Crippen molar-refractivity contribution in [1.29, 1.82) is 5.26 Å². The molecule has 0 unspecified atom stereocenters. The van der Waals surface area contributed by atoms with Gasteiger partial charge in [-0.2, -0.15) is 5.26 Å². The number of rotatable bonds is 7. The summed E-state index contributed by atoms with van der Waals surface area (Å²) in [5.41, 5.74) is 2.91. The van der Waals surface area contributed by atoms with Crippen molar-refractivity contribution in [3.63, 3.8) is 0 Å². The van der Waals surface area contributed by atoms with E-state index in [0.29, 0.717) is 34.2 Å². The lowest BCUT2D eigenvalue weighted by molar-refractivity contribution is 0.102. The minimum atomic E-state index is -0.204. The van der Waals surface area contributed by atoms with Crippen molar-refractivity contribution in [2.24, 2.45) is 0 Å². The van der Waals surface area contributed by atoms with Crippen LogP contribution >= 0.6 is 11.8 Å². The molecular weight excluding hydrogens is 420 g/mol. The number of anilines is 1. The highest BCUT2D eigenvalue weighted by Crippen LogP contribution is 2.28. The molecule has 0 atom stereocenters. The van der Waals surface area contributed by atoms with Crippen molar-refractivity contribution in [3.05, 3.63) is 108 Å². The Morgan fingerprint density at radius 1 is 1.03 bits per heavy atom. The number of ether oxygens (including phenoxy) is 1. The van der Waals surface area contributed by atoms with E-state index in [2.05, 4.69) is 21.4 Å². The van der Waals surface area contributed by atoms with E-state index >= 15 is 0 Å². The predicted molar refractivity (Wildman–Crippen MR) is 124 cm³/mol. The second-order valence-corrected chi connectivity index (χ2v) is 7.74. The van der Waals surface area contributed by atoms with E-state index in [1.165, 1.54) is 6.20 Å². The Balaban J connectivity index is 1.44. The molecule has 1 amide bonds. The molecule has 0 radical (unpaired) electrons. The Labute approximate surface area is 189 Å². The largest absolute Gasteiger partial charge is 0.437 e. The quantitative estimate of drug-likeness (QED) is 0.373. The number of thioether (sulfide) groups is 1. The lowest BCUT2D eigenvalue weighted by Gasteiger charge is -2.11. The maximum Gasteiger partial charge on any atom is 0.256 e. The molecule has 6 nitrogen and oxygen atoms in total. The van der Waals surface area contributed by atoms with Crippen LogP contribution in [-0.4, -0.2) is 15.9 Å². The first kappa shape index (κ1) is 21.1. The molecule has 0 aliphatic rings. The average Bonchev–Trinajstić information content (AvgIpc) is 2.84. The highest BCUT2D eigenvalue weighted by molar-refractivity contribution is 7.98. The Morgan fingerprint density at radius 3 is 2.66 bits per heavy atom. The fourth-order valence-corrected chi connectivity index (χ4v) is 3.92. The van der Waals surface area contributed by atoms with E-state index in [1.807, 2.05) is 30.3 Å². The SMILES string of the molecule is N#Cc1ccc(CSc2ccccc2C(=O)Nc2cccc(Oc3cnccn3)c2)cc1. The van der Waals surface area contributed by atoms with Gasteiger partial charge in [-0.15, -0.1) is 11.8 Å². The summed E-state index contributed by atoms with van der Waals surface area (Å²) in [7, 11) is 0. The van der Waals surface area contributed by atoms with Crippen molar-refractivity contribution >= 4 is 23.4 Å². The van der Waals surface area contributed by atoms with Crippen LogP contribution in [0.4, 0.5) is 5.69 Å². The summed E-state index contributed by atoms with van der Waals surface area (Å²) in [5.74, 6) is 1.41. The van der Waals surface area contributed by atoms with Gasteiger partial charge in [-0.25, -0.2) is 4.98 Å². The van der Waals surface area contributed by atoms with E-state index in [-0.39, 0.29) is 5.91 Å². The monoisotopic (exact) mass is 438 g/mol. The van der Waals surface area contributed by atoms with Crippen molar-refractivity contribution in [2.75, 3.05) is 5.32 Å². The summed E-state index contributed by atoms with van der Waals surface area (Å²) < 4.78 is 5.68. The summed E-state index contributed by atoms with van der Waals surface area (Å²) in [6.07, 6.45) is 4.64. The smallest absolute Gasteiger partial charge is 0.256 e. The molecule has 0 fully saturated rings. The first-order valence-electron chi connectivity index (χ1n) is 9.77. The second kappa shape index (κ2) is 10.2. The molecule has 32 heavy (non-hydrogen) atoms. The van der Waals surface area contributed by atoms with Crippen LogP contribution in [0.25, 0.3) is 0 Å². The lowest BCUT2D eigenvalue weighted by Crippen LogP contribution is -2.13. The van der Waals surface area contributed by atoms with Gasteiger partial charge in [0, 0.05) is 34.8 Å². The standard InChI is InChI=1S/C25H18N4O2S/c26-15-18-8-10-19(11-9-18)17-32-23-7-2-1-6-22(23)25(30)29-20-4-3-5-21(14-20)31-24-16-27-12-13-28-24/h1-14,16H,17H2,(H,29,30). The molecule has 0 saturated carbocycles. The van der Waals surface area contributed by atoms with Gasteiger partial charge >= 0.3 is 0 Å². The van der Waals surface area contributed by atoms with Gasteiger partial charge in [-0.05, 0) is 42.0 Å². The zero-order valence-electron chi connectivity index (χ0n) is 16.9. The predicted octanol–water partition coefficient (Wildman–Crippen LogP) is 5.69. The van der Waals surface area contributed by atoms with Gasteiger partial charge in [-0.1, -0.05) is 30.3 Å². The number of hydrogen-bond donors (Lipinski definition) is 1. The van der Waals surface area contributed by atoms with E-state index in [4.69, 9.17) is 10.00 Å². The summed E-state index contributed by atoms with van der Waals surface area (Å²) in [4.78, 5) is 21.9. The van der Waals surface area contributed by atoms with Crippen molar-refractivity contribution in [1.82, 2.24) is 9.97 Å². The molecule has 4 aromatic rings. The molecule has 156 valence electrons. The molecule has 0 bridgehead atoms. The normalized spacial score (nSPS) is 10.2. The molecule has 0 saturated heterocycles. The van der Waals surface area contributed by atoms with Gasteiger partial charge in [0.25, 0.3) is 5.91 Å². The van der Waals surface area contributed by atoms with E-state index in [9.17, 15) is 4.79 Å². The number of carbonyl (C=O) groups is 1. The van der Waals surface area contributed by atoms with Crippen molar-refractivity contribution < 1.29 is 9.53 Å². The number of amides is 1. The maximum atomic E-state index is 13.0. The number of aromatic nitrogens is 2. The molecule has 3 aromatic carbocycles.